The summed E-state index contributed by atoms with van der Waals surface area (Å²) in [5, 5.41) is 7.12. The van der Waals surface area contributed by atoms with E-state index in [0.29, 0.717) is 18.5 Å². The molecular formula is C20H22F4N4O3. The monoisotopic (exact) mass is 442 g/mol. The third-order valence-corrected chi connectivity index (χ3v) is 5.58. The van der Waals surface area contributed by atoms with Gasteiger partial charge in [-0.2, -0.15) is 13.2 Å². The summed E-state index contributed by atoms with van der Waals surface area (Å²) in [4.78, 5) is 23.4. The molecule has 0 aromatic carbocycles. The van der Waals surface area contributed by atoms with Crippen molar-refractivity contribution in [2.45, 2.75) is 32.0 Å². The first-order chi connectivity index (χ1) is 14.7. The zero-order valence-corrected chi connectivity index (χ0v) is 16.6. The van der Waals surface area contributed by atoms with E-state index in [0.717, 1.165) is 25.3 Å². The summed E-state index contributed by atoms with van der Waals surface area (Å²) >= 11 is 0. The zero-order valence-electron chi connectivity index (χ0n) is 16.6. The van der Waals surface area contributed by atoms with Crippen molar-refractivity contribution in [1.29, 1.82) is 0 Å². The molecule has 1 N–H and O–H groups in total. The van der Waals surface area contributed by atoms with E-state index < -0.39 is 18.0 Å². The van der Waals surface area contributed by atoms with Gasteiger partial charge >= 0.3 is 12.1 Å². The maximum absolute atomic E-state index is 13.0. The molecule has 2 atom stereocenters. The van der Waals surface area contributed by atoms with Crippen molar-refractivity contribution < 1.29 is 32.2 Å². The average molecular weight is 442 g/mol. The van der Waals surface area contributed by atoms with Gasteiger partial charge < -0.3 is 14.7 Å². The highest BCUT2D eigenvalue weighted by molar-refractivity contribution is 5.73. The number of pyridine rings is 1. The number of halogens is 4. The molecule has 1 aliphatic carbocycles. The molecule has 31 heavy (non-hydrogen) atoms. The topological polar surface area (TPSA) is 88.4 Å². The van der Waals surface area contributed by atoms with Gasteiger partial charge in [-0.3, -0.25) is 4.98 Å². The molecular weight excluding hydrogens is 420 g/mol. The maximum atomic E-state index is 13.0. The van der Waals surface area contributed by atoms with Crippen molar-refractivity contribution in [3.8, 4) is 0 Å². The Bertz CT molecular complexity index is 867. The normalized spacial score (nSPS) is 22.6. The lowest BCUT2D eigenvalue weighted by Gasteiger charge is -2.28. The number of hydrogen-bond donors (Lipinski definition) is 1. The first-order valence-electron chi connectivity index (χ1n) is 9.69. The van der Waals surface area contributed by atoms with Crippen LogP contribution in [0.3, 0.4) is 0 Å². The second kappa shape index (κ2) is 9.54. The number of carboxylic acids is 1. The Morgan fingerprint density at radius 3 is 2.52 bits per heavy atom. The van der Waals surface area contributed by atoms with E-state index in [1.807, 2.05) is 12.1 Å². The van der Waals surface area contributed by atoms with Crippen LogP contribution in [0.25, 0.3) is 0 Å². The lowest BCUT2D eigenvalue weighted by Crippen LogP contribution is -2.32. The molecule has 0 radical (unpaired) electrons. The number of rotatable bonds is 5. The number of alkyl halides is 3. The standard InChI is InChI=1S/C18H21FN4O.C2HF3O2/c19-16-8-21-17(22-9-16)23-10-15-2-1-5-18(15,12-23)13-24-11-14-3-6-20-7-4-14;3-2(4,5)1(6)7/h3-4,6-9,15H,1-2,5,10-13H2;(H,6,7)/t15-,18+;/m1./s1. The number of ether oxygens (including phenoxy) is 1. The number of fused-ring (bicyclic) bond motifs is 1. The third kappa shape index (κ3) is 5.87. The van der Waals surface area contributed by atoms with E-state index in [1.165, 1.54) is 31.7 Å². The molecule has 1 aliphatic heterocycles. The van der Waals surface area contributed by atoms with Crippen LogP contribution in [0.2, 0.25) is 0 Å². The SMILES string of the molecule is Fc1cnc(N2C[C@H]3CCC[C@@]3(COCc3ccncc3)C2)nc1.O=C(O)C(F)(F)F. The van der Waals surface area contributed by atoms with Crippen LogP contribution in [0.15, 0.2) is 36.9 Å². The molecule has 2 aromatic heterocycles. The molecule has 4 rings (SSSR count). The van der Waals surface area contributed by atoms with Gasteiger partial charge in [-0.15, -0.1) is 0 Å². The molecule has 2 aromatic rings. The van der Waals surface area contributed by atoms with Crippen LogP contribution in [0, 0.1) is 17.2 Å². The number of carboxylic acid groups (broad SMARTS) is 1. The second-order valence-corrected chi connectivity index (χ2v) is 7.68. The Kier molecular flexibility index (Phi) is 7.04. The summed E-state index contributed by atoms with van der Waals surface area (Å²) in [6.07, 6.45) is 4.62. The molecule has 0 spiro atoms. The molecule has 2 fully saturated rings. The number of anilines is 1. The minimum Gasteiger partial charge on any atom is -0.475 e. The molecule has 7 nitrogen and oxygen atoms in total. The number of nitrogens with zero attached hydrogens (tertiary/aromatic N) is 4. The summed E-state index contributed by atoms with van der Waals surface area (Å²) in [6.45, 7) is 3.19. The third-order valence-electron chi connectivity index (χ3n) is 5.58. The van der Waals surface area contributed by atoms with Crippen molar-refractivity contribution in [3.63, 3.8) is 0 Å². The smallest absolute Gasteiger partial charge is 0.475 e. The van der Waals surface area contributed by atoms with Crippen LogP contribution in [0.5, 0.6) is 0 Å². The first-order valence-corrected chi connectivity index (χ1v) is 9.69. The Labute approximate surface area is 176 Å². The second-order valence-electron chi connectivity index (χ2n) is 7.68. The van der Waals surface area contributed by atoms with Gasteiger partial charge in [0.1, 0.15) is 0 Å². The molecule has 0 bridgehead atoms. The molecule has 1 saturated heterocycles. The first kappa shape index (κ1) is 22.9. The fraction of sp³-hybridized carbons (Fsp3) is 0.500. The van der Waals surface area contributed by atoms with Crippen molar-refractivity contribution in [3.05, 3.63) is 48.3 Å². The predicted molar refractivity (Wildman–Crippen MR) is 102 cm³/mol. The Balaban J connectivity index is 0.000000339. The number of aliphatic carboxylic acids is 1. The fourth-order valence-electron chi connectivity index (χ4n) is 4.12. The fourth-order valence-corrected chi connectivity index (χ4v) is 4.12. The summed E-state index contributed by atoms with van der Waals surface area (Å²) < 4.78 is 50.8. The highest BCUT2D eigenvalue weighted by atomic mass is 19.4. The molecule has 3 heterocycles. The van der Waals surface area contributed by atoms with Gasteiger partial charge in [0, 0.05) is 30.9 Å². The largest absolute Gasteiger partial charge is 0.490 e. The number of aromatic nitrogens is 3. The lowest BCUT2D eigenvalue weighted by atomic mass is 9.81. The summed E-state index contributed by atoms with van der Waals surface area (Å²) in [5.74, 6) is -1.93. The van der Waals surface area contributed by atoms with E-state index in [2.05, 4.69) is 19.9 Å². The van der Waals surface area contributed by atoms with E-state index >= 15 is 0 Å². The number of carbonyl (C=O) groups is 1. The maximum Gasteiger partial charge on any atom is 0.490 e. The van der Waals surface area contributed by atoms with Crippen molar-refractivity contribution in [1.82, 2.24) is 15.0 Å². The minimum absolute atomic E-state index is 0.171. The average Bonchev–Trinajstić information content (AvgIpc) is 3.26. The molecule has 168 valence electrons. The van der Waals surface area contributed by atoms with Gasteiger partial charge in [0.15, 0.2) is 5.82 Å². The lowest BCUT2D eigenvalue weighted by molar-refractivity contribution is -0.192. The highest BCUT2D eigenvalue weighted by Crippen LogP contribution is 2.49. The van der Waals surface area contributed by atoms with Crippen LogP contribution >= 0.6 is 0 Å². The molecule has 0 amide bonds. The van der Waals surface area contributed by atoms with Gasteiger partial charge in [-0.05, 0) is 36.5 Å². The quantitative estimate of drug-likeness (QED) is 0.710. The van der Waals surface area contributed by atoms with Gasteiger partial charge in [0.25, 0.3) is 0 Å². The molecule has 0 unspecified atom stereocenters. The molecule has 11 heteroatoms. The van der Waals surface area contributed by atoms with Crippen LogP contribution < -0.4 is 4.90 Å². The van der Waals surface area contributed by atoms with Crippen LogP contribution in [0.4, 0.5) is 23.5 Å². The highest BCUT2D eigenvalue weighted by Gasteiger charge is 2.50. The van der Waals surface area contributed by atoms with Gasteiger partial charge in [-0.1, -0.05) is 6.42 Å². The molecule has 1 saturated carbocycles. The van der Waals surface area contributed by atoms with E-state index in [4.69, 9.17) is 14.6 Å². The summed E-state index contributed by atoms with van der Waals surface area (Å²) in [5.41, 5.74) is 1.32. The van der Waals surface area contributed by atoms with Crippen molar-refractivity contribution >= 4 is 11.9 Å². The van der Waals surface area contributed by atoms with Crippen LogP contribution in [0.1, 0.15) is 24.8 Å². The minimum atomic E-state index is -5.08. The predicted octanol–water partition coefficient (Wildman–Crippen LogP) is 3.47. The van der Waals surface area contributed by atoms with Crippen LogP contribution in [-0.4, -0.2) is 51.9 Å². The molecule has 2 aliphatic rings. The zero-order chi connectivity index (χ0) is 22.5. The van der Waals surface area contributed by atoms with Gasteiger partial charge in [0.2, 0.25) is 5.95 Å². The Morgan fingerprint density at radius 1 is 1.26 bits per heavy atom. The number of hydrogen-bond acceptors (Lipinski definition) is 6. The van der Waals surface area contributed by atoms with E-state index in [-0.39, 0.29) is 5.41 Å². The van der Waals surface area contributed by atoms with Crippen LogP contribution in [-0.2, 0) is 16.1 Å². The van der Waals surface area contributed by atoms with Crippen molar-refractivity contribution in [2.75, 3.05) is 24.6 Å². The van der Waals surface area contributed by atoms with E-state index in [9.17, 15) is 17.6 Å². The Morgan fingerprint density at radius 2 is 1.90 bits per heavy atom. The van der Waals surface area contributed by atoms with Crippen molar-refractivity contribution in [2.24, 2.45) is 11.3 Å². The summed E-state index contributed by atoms with van der Waals surface area (Å²) in [7, 11) is 0. The Hall–Kier alpha value is -2.82. The van der Waals surface area contributed by atoms with E-state index in [1.54, 1.807) is 12.4 Å². The van der Waals surface area contributed by atoms with Gasteiger partial charge in [0.05, 0.1) is 25.6 Å². The van der Waals surface area contributed by atoms with Gasteiger partial charge in [-0.25, -0.2) is 19.2 Å². The summed E-state index contributed by atoms with van der Waals surface area (Å²) in [6, 6.07) is 3.97.